The maximum atomic E-state index is 12.5. The lowest BCUT2D eigenvalue weighted by Gasteiger charge is -2.18. The Kier molecular flexibility index (Phi) is 5.80. The van der Waals surface area contributed by atoms with Gasteiger partial charge in [0.05, 0.1) is 11.3 Å². The summed E-state index contributed by atoms with van der Waals surface area (Å²) in [5, 5.41) is 6.07. The highest BCUT2D eigenvalue weighted by atomic mass is 35.5. The van der Waals surface area contributed by atoms with Crippen LogP contribution in [0.15, 0.2) is 18.2 Å². The van der Waals surface area contributed by atoms with E-state index in [9.17, 15) is 9.59 Å². The minimum absolute atomic E-state index is 0.0826. The molecule has 22 heavy (non-hydrogen) atoms. The normalized spacial score (nSPS) is 20.7. The Morgan fingerprint density at radius 3 is 2.82 bits per heavy atom. The number of anilines is 1. The highest BCUT2D eigenvalue weighted by Gasteiger charge is 2.32. The van der Waals surface area contributed by atoms with Gasteiger partial charge in [-0.25, -0.2) is 0 Å². The van der Waals surface area contributed by atoms with Gasteiger partial charge < -0.3 is 16.4 Å². The fourth-order valence-corrected chi connectivity index (χ4v) is 3.14. The number of amides is 2. The molecule has 1 fully saturated rings. The Balaban J connectivity index is 2.19. The van der Waals surface area contributed by atoms with Crippen molar-refractivity contribution in [1.29, 1.82) is 0 Å². The molecule has 6 heteroatoms. The van der Waals surface area contributed by atoms with E-state index in [0.717, 1.165) is 19.3 Å². The third-order valence-electron chi connectivity index (χ3n) is 4.12. The summed E-state index contributed by atoms with van der Waals surface area (Å²) in [6, 6.07) is 4.87. The van der Waals surface area contributed by atoms with Crippen molar-refractivity contribution in [3.05, 3.63) is 28.8 Å². The van der Waals surface area contributed by atoms with Gasteiger partial charge in [-0.3, -0.25) is 9.59 Å². The molecule has 1 aliphatic rings. The van der Waals surface area contributed by atoms with E-state index in [4.69, 9.17) is 17.3 Å². The van der Waals surface area contributed by atoms with Gasteiger partial charge in [-0.2, -0.15) is 0 Å². The van der Waals surface area contributed by atoms with Crippen molar-refractivity contribution >= 4 is 29.1 Å². The van der Waals surface area contributed by atoms with Gasteiger partial charge in [0.1, 0.15) is 0 Å². The number of nitrogens with two attached hydrogens (primary N) is 1. The number of halogens is 1. The van der Waals surface area contributed by atoms with E-state index < -0.39 is 0 Å². The van der Waals surface area contributed by atoms with E-state index in [2.05, 4.69) is 10.6 Å². The quantitative estimate of drug-likeness (QED) is 0.778. The number of carbonyl (C=O) groups excluding carboxylic acids is 2. The SMILES string of the molecule is CCNC(=O)c1ccc(Cl)cc1NC(=O)[C@@H]1CCC[C@@H]1CN. The van der Waals surface area contributed by atoms with Gasteiger partial charge in [0.2, 0.25) is 5.91 Å². The van der Waals surface area contributed by atoms with E-state index in [1.165, 1.54) is 0 Å². The predicted octanol–water partition coefficient (Wildman–Crippen LogP) is 2.40. The zero-order valence-corrected chi connectivity index (χ0v) is 13.5. The lowest BCUT2D eigenvalue weighted by molar-refractivity contribution is -0.120. The van der Waals surface area contributed by atoms with Gasteiger partial charge in [-0.1, -0.05) is 18.0 Å². The van der Waals surface area contributed by atoms with Crippen molar-refractivity contribution in [2.75, 3.05) is 18.4 Å². The first kappa shape index (κ1) is 16.8. The third-order valence-corrected chi connectivity index (χ3v) is 4.36. The molecule has 0 aliphatic heterocycles. The molecule has 2 atom stereocenters. The summed E-state index contributed by atoms with van der Waals surface area (Å²) in [4.78, 5) is 24.6. The van der Waals surface area contributed by atoms with Gasteiger partial charge in [0, 0.05) is 17.5 Å². The molecule has 0 spiro atoms. The van der Waals surface area contributed by atoms with Gasteiger partial charge in [-0.05, 0) is 50.4 Å². The fourth-order valence-electron chi connectivity index (χ4n) is 2.96. The molecule has 0 aromatic heterocycles. The standard InChI is InChI=1S/C16H22ClN3O2/c1-2-19-15(21)13-7-6-11(17)8-14(13)20-16(22)12-5-3-4-10(12)9-18/h6-8,10,12H,2-5,9,18H2,1H3,(H,19,21)(H,20,22)/t10-,12-/m1/s1. The molecule has 1 aliphatic carbocycles. The van der Waals surface area contributed by atoms with Gasteiger partial charge in [-0.15, -0.1) is 0 Å². The minimum Gasteiger partial charge on any atom is -0.352 e. The predicted molar refractivity (Wildman–Crippen MR) is 88.0 cm³/mol. The molecule has 1 saturated carbocycles. The van der Waals surface area contributed by atoms with Crippen LogP contribution >= 0.6 is 11.6 Å². The number of hydrogen-bond donors (Lipinski definition) is 3. The molecular formula is C16H22ClN3O2. The van der Waals surface area contributed by atoms with Crippen LogP contribution in [0, 0.1) is 11.8 Å². The number of hydrogen-bond acceptors (Lipinski definition) is 3. The van der Waals surface area contributed by atoms with E-state index in [-0.39, 0.29) is 23.7 Å². The lowest BCUT2D eigenvalue weighted by Crippen LogP contribution is -2.31. The molecule has 1 aromatic carbocycles. The summed E-state index contributed by atoms with van der Waals surface area (Å²) in [6.45, 7) is 2.87. The number of carbonyl (C=O) groups is 2. The zero-order chi connectivity index (χ0) is 16.1. The van der Waals surface area contributed by atoms with E-state index >= 15 is 0 Å². The van der Waals surface area contributed by atoms with Crippen LogP contribution in [-0.4, -0.2) is 24.9 Å². The molecule has 0 unspecified atom stereocenters. The average Bonchev–Trinajstić information content (AvgIpc) is 2.96. The molecule has 0 saturated heterocycles. The lowest BCUT2D eigenvalue weighted by atomic mass is 9.95. The van der Waals surface area contributed by atoms with Crippen LogP contribution in [0.2, 0.25) is 5.02 Å². The van der Waals surface area contributed by atoms with E-state index in [1.807, 2.05) is 6.92 Å². The highest BCUT2D eigenvalue weighted by Crippen LogP contribution is 2.32. The summed E-state index contributed by atoms with van der Waals surface area (Å²) in [5.74, 6) is -0.185. The van der Waals surface area contributed by atoms with E-state index in [0.29, 0.717) is 29.4 Å². The minimum atomic E-state index is -0.226. The van der Waals surface area contributed by atoms with Crippen LogP contribution in [0.25, 0.3) is 0 Å². The van der Waals surface area contributed by atoms with Gasteiger partial charge in [0.25, 0.3) is 5.91 Å². The van der Waals surface area contributed by atoms with Crippen molar-refractivity contribution in [3.8, 4) is 0 Å². The first-order chi connectivity index (χ1) is 10.6. The maximum Gasteiger partial charge on any atom is 0.253 e. The molecule has 4 N–H and O–H groups in total. The topological polar surface area (TPSA) is 84.2 Å². The van der Waals surface area contributed by atoms with Crippen molar-refractivity contribution in [2.24, 2.45) is 17.6 Å². The second-order valence-electron chi connectivity index (χ2n) is 5.57. The van der Waals surface area contributed by atoms with Crippen molar-refractivity contribution in [1.82, 2.24) is 5.32 Å². The molecular weight excluding hydrogens is 302 g/mol. The van der Waals surface area contributed by atoms with Crippen molar-refractivity contribution < 1.29 is 9.59 Å². The molecule has 120 valence electrons. The van der Waals surface area contributed by atoms with Crippen LogP contribution in [0.1, 0.15) is 36.5 Å². The summed E-state index contributed by atoms with van der Waals surface area (Å²) < 4.78 is 0. The van der Waals surface area contributed by atoms with Crippen molar-refractivity contribution in [3.63, 3.8) is 0 Å². The molecule has 5 nitrogen and oxygen atoms in total. The van der Waals surface area contributed by atoms with Gasteiger partial charge >= 0.3 is 0 Å². The van der Waals surface area contributed by atoms with Crippen LogP contribution in [0.5, 0.6) is 0 Å². The summed E-state index contributed by atoms with van der Waals surface area (Å²) in [5.41, 5.74) is 6.60. The summed E-state index contributed by atoms with van der Waals surface area (Å²) in [7, 11) is 0. The Morgan fingerprint density at radius 1 is 1.36 bits per heavy atom. The first-order valence-corrected chi connectivity index (χ1v) is 8.03. The maximum absolute atomic E-state index is 12.5. The fraction of sp³-hybridized carbons (Fsp3) is 0.500. The molecule has 0 radical (unpaired) electrons. The molecule has 0 bridgehead atoms. The second-order valence-corrected chi connectivity index (χ2v) is 6.01. The van der Waals surface area contributed by atoms with Gasteiger partial charge in [0.15, 0.2) is 0 Å². The Bertz CT molecular complexity index is 562. The van der Waals surface area contributed by atoms with E-state index in [1.54, 1.807) is 18.2 Å². The summed E-state index contributed by atoms with van der Waals surface area (Å²) >= 11 is 5.99. The Labute approximate surface area is 135 Å². The Morgan fingerprint density at radius 2 is 2.14 bits per heavy atom. The van der Waals surface area contributed by atoms with Crippen LogP contribution in [0.4, 0.5) is 5.69 Å². The van der Waals surface area contributed by atoms with Crippen LogP contribution in [-0.2, 0) is 4.79 Å². The molecule has 2 amide bonds. The summed E-state index contributed by atoms with van der Waals surface area (Å²) in [6.07, 6.45) is 2.83. The highest BCUT2D eigenvalue weighted by molar-refractivity contribution is 6.31. The molecule has 0 heterocycles. The second kappa shape index (κ2) is 7.61. The smallest absolute Gasteiger partial charge is 0.253 e. The van der Waals surface area contributed by atoms with Crippen LogP contribution in [0.3, 0.4) is 0 Å². The monoisotopic (exact) mass is 323 g/mol. The molecule has 1 aromatic rings. The van der Waals surface area contributed by atoms with Crippen molar-refractivity contribution in [2.45, 2.75) is 26.2 Å². The number of nitrogens with one attached hydrogen (secondary N) is 2. The average molecular weight is 324 g/mol. The number of benzene rings is 1. The third kappa shape index (κ3) is 3.78. The van der Waals surface area contributed by atoms with Crippen LogP contribution < -0.4 is 16.4 Å². The zero-order valence-electron chi connectivity index (χ0n) is 12.7. The molecule has 2 rings (SSSR count). The Hall–Kier alpha value is -1.59. The largest absolute Gasteiger partial charge is 0.352 e. The first-order valence-electron chi connectivity index (χ1n) is 7.65. The number of rotatable bonds is 5.